The summed E-state index contributed by atoms with van der Waals surface area (Å²) in [7, 11) is -3.45. The molecule has 0 atom stereocenters. The highest BCUT2D eigenvalue weighted by Gasteiger charge is 2.25. The molecule has 1 aliphatic heterocycles. The fraction of sp³-hybridized carbons (Fsp3) is 0.381. The van der Waals surface area contributed by atoms with Crippen LogP contribution in [-0.2, 0) is 16.6 Å². The van der Waals surface area contributed by atoms with E-state index >= 15 is 0 Å². The topological polar surface area (TPSA) is 87.7 Å². The Morgan fingerprint density at radius 2 is 1.77 bits per heavy atom. The van der Waals surface area contributed by atoms with Gasteiger partial charge in [0, 0.05) is 25.7 Å². The van der Waals surface area contributed by atoms with E-state index in [-0.39, 0.29) is 36.4 Å². The lowest BCUT2D eigenvalue weighted by atomic mass is 10.2. The van der Waals surface area contributed by atoms with Crippen LogP contribution in [0.2, 0.25) is 0 Å². The molecule has 2 aromatic rings. The van der Waals surface area contributed by atoms with Crippen LogP contribution in [0.25, 0.3) is 0 Å². The number of amides is 2. The van der Waals surface area contributed by atoms with Crippen molar-refractivity contribution >= 4 is 16.1 Å². The normalized spacial score (nSPS) is 14.8. The fourth-order valence-corrected chi connectivity index (χ4v) is 4.69. The number of rotatable bonds is 8. The summed E-state index contributed by atoms with van der Waals surface area (Å²) in [6.45, 7) is 1.86. The minimum Gasteiger partial charge on any atom is -0.492 e. The lowest BCUT2D eigenvalue weighted by molar-refractivity contribution is 0.236. The Kier molecular flexibility index (Phi) is 7.64. The molecule has 0 aliphatic carbocycles. The van der Waals surface area contributed by atoms with Crippen molar-refractivity contribution in [3.63, 3.8) is 0 Å². The molecule has 2 amide bonds. The van der Waals surface area contributed by atoms with Crippen LogP contribution in [0.5, 0.6) is 5.75 Å². The van der Waals surface area contributed by atoms with Crippen LogP contribution >= 0.6 is 0 Å². The van der Waals surface area contributed by atoms with Gasteiger partial charge in [0.15, 0.2) is 0 Å². The van der Waals surface area contributed by atoms with Crippen molar-refractivity contribution in [2.75, 3.05) is 26.2 Å². The summed E-state index contributed by atoms with van der Waals surface area (Å²) in [5, 5.41) is 5.35. The highest BCUT2D eigenvalue weighted by Crippen LogP contribution is 2.20. The summed E-state index contributed by atoms with van der Waals surface area (Å²) in [5.74, 6) is 0.0183. The van der Waals surface area contributed by atoms with Crippen molar-refractivity contribution in [2.24, 2.45) is 0 Å². The largest absolute Gasteiger partial charge is 0.492 e. The average Bonchev–Trinajstić information content (AvgIpc) is 2.76. The Balaban J connectivity index is 1.40. The zero-order valence-electron chi connectivity index (χ0n) is 16.6. The smallest absolute Gasteiger partial charge is 0.315 e. The molecule has 1 heterocycles. The first-order chi connectivity index (χ1) is 14.4. The molecule has 162 valence electrons. The number of nitrogens with zero attached hydrogens (tertiary/aromatic N) is 1. The van der Waals surface area contributed by atoms with Crippen LogP contribution in [-0.4, -0.2) is 45.0 Å². The van der Waals surface area contributed by atoms with Gasteiger partial charge in [0.2, 0.25) is 10.0 Å². The van der Waals surface area contributed by atoms with Gasteiger partial charge in [-0.15, -0.1) is 0 Å². The lowest BCUT2D eigenvalue weighted by Gasteiger charge is -2.25. The minimum absolute atomic E-state index is 0.208. The van der Waals surface area contributed by atoms with Gasteiger partial charge in [-0.3, -0.25) is 0 Å². The summed E-state index contributed by atoms with van der Waals surface area (Å²) in [4.78, 5) is 12.1. The maximum Gasteiger partial charge on any atom is 0.315 e. The van der Waals surface area contributed by atoms with Gasteiger partial charge in [0.1, 0.15) is 18.2 Å². The van der Waals surface area contributed by atoms with Gasteiger partial charge in [0.05, 0.1) is 11.4 Å². The van der Waals surface area contributed by atoms with E-state index in [9.17, 15) is 17.6 Å². The maximum absolute atomic E-state index is 13.1. The average molecular weight is 436 g/mol. The van der Waals surface area contributed by atoms with E-state index in [0.29, 0.717) is 18.8 Å². The number of piperidine rings is 1. The molecule has 2 N–H and O–H groups in total. The highest BCUT2D eigenvalue weighted by atomic mass is 32.2. The number of carbonyl (C=O) groups excluding carboxylic acids is 1. The second kappa shape index (κ2) is 10.4. The zero-order chi connectivity index (χ0) is 21.4. The van der Waals surface area contributed by atoms with E-state index in [1.54, 1.807) is 36.4 Å². The molecular formula is C21H26FN3O4S. The Bertz CT molecular complexity index is 945. The number of hydrogen-bond donors (Lipinski definition) is 2. The van der Waals surface area contributed by atoms with Crippen molar-refractivity contribution in [3.05, 3.63) is 59.9 Å². The first-order valence-electron chi connectivity index (χ1n) is 9.94. The van der Waals surface area contributed by atoms with E-state index in [1.807, 2.05) is 0 Å². The SMILES string of the molecule is O=C(NCCOc1cccc(F)c1)NCc1ccc(S(=O)(=O)N2CCCCC2)cc1. The third-order valence-corrected chi connectivity index (χ3v) is 6.69. The maximum atomic E-state index is 13.1. The molecule has 0 spiro atoms. The molecule has 0 radical (unpaired) electrons. The Labute approximate surface area is 176 Å². The minimum atomic E-state index is -3.45. The molecular weight excluding hydrogens is 409 g/mol. The van der Waals surface area contributed by atoms with Gasteiger partial charge in [-0.25, -0.2) is 17.6 Å². The van der Waals surface area contributed by atoms with Gasteiger partial charge in [-0.2, -0.15) is 4.31 Å². The summed E-state index contributed by atoms with van der Waals surface area (Å²) in [6.07, 6.45) is 2.85. The van der Waals surface area contributed by atoms with Crippen LogP contribution in [0.4, 0.5) is 9.18 Å². The number of carbonyl (C=O) groups is 1. The van der Waals surface area contributed by atoms with Crippen LogP contribution < -0.4 is 15.4 Å². The monoisotopic (exact) mass is 435 g/mol. The Hall–Kier alpha value is -2.65. The lowest BCUT2D eigenvalue weighted by Crippen LogP contribution is -2.37. The molecule has 7 nitrogen and oxygen atoms in total. The predicted octanol–water partition coefficient (Wildman–Crippen LogP) is 2.88. The summed E-state index contributed by atoms with van der Waals surface area (Å²) in [6, 6.07) is 12.0. The zero-order valence-corrected chi connectivity index (χ0v) is 17.5. The predicted molar refractivity (Wildman–Crippen MR) is 111 cm³/mol. The number of benzene rings is 2. The Morgan fingerprint density at radius 1 is 1.03 bits per heavy atom. The summed E-state index contributed by atoms with van der Waals surface area (Å²) < 4.78 is 45.2. The first kappa shape index (κ1) is 22.0. The molecule has 3 rings (SSSR count). The Morgan fingerprint density at radius 3 is 2.47 bits per heavy atom. The van der Waals surface area contributed by atoms with Crippen molar-refractivity contribution in [1.29, 1.82) is 0 Å². The third kappa shape index (κ3) is 6.17. The highest BCUT2D eigenvalue weighted by molar-refractivity contribution is 7.89. The molecule has 9 heteroatoms. The van der Waals surface area contributed by atoms with Crippen LogP contribution in [0.15, 0.2) is 53.4 Å². The molecule has 30 heavy (non-hydrogen) atoms. The van der Waals surface area contributed by atoms with Crippen LogP contribution in [0.3, 0.4) is 0 Å². The van der Waals surface area contributed by atoms with E-state index in [1.165, 1.54) is 16.4 Å². The summed E-state index contributed by atoms with van der Waals surface area (Å²) in [5.41, 5.74) is 0.791. The second-order valence-electron chi connectivity index (χ2n) is 7.02. The fourth-order valence-electron chi connectivity index (χ4n) is 3.17. The molecule has 1 fully saturated rings. The number of sulfonamides is 1. The van der Waals surface area contributed by atoms with E-state index in [2.05, 4.69) is 10.6 Å². The van der Waals surface area contributed by atoms with Crippen LogP contribution in [0.1, 0.15) is 24.8 Å². The van der Waals surface area contributed by atoms with Crippen LogP contribution in [0, 0.1) is 5.82 Å². The van der Waals surface area contributed by atoms with Gasteiger partial charge in [-0.1, -0.05) is 24.6 Å². The van der Waals surface area contributed by atoms with Crippen molar-refractivity contribution < 1.29 is 22.3 Å². The number of nitrogens with one attached hydrogen (secondary N) is 2. The second-order valence-corrected chi connectivity index (χ2v) is 8.96. The van der Waals surface area contributed by atoms with Gasteiger partial charge < -0.3 is 15.4 Å². The number of ether oxygens (including phenoxy) is 1. The quantitative estimate of drug-likeness (QED) is 0.624. The standard InChI is InChI=1S/C21H26FN3O4S/c22-18-5-4-6-19(15-18)29-14-11-23-21(26)24-16-17-7-9-20(10-8-17)30(27,28)25-12-2-1-3-13-25/h4-10,15H,1-3,11-14,16H2,(H2,23,24,26). The molecule has 1 aliphatic rings. The number of halogens is 1. The van der Waals surface area contributed by atoms with E-state index in [4.69, 9.17) is 4.74 Å². The first-order valence-corrected chi connectivity index (χ1v) is 11.4. The van der Waals surface area contributed by atoms with E-state index in [0.717, 1.165) is 24.8 Å². The van der Waals surface area contributed by atoms with Gasteiger partial charge in [-0.05, 0) is 42.7 Å². The number of hydrogen-bond acceptors (Lipinski definition) is 4. The summed E-state index contributed by atoms with van der Waals surface area (Å²) >= 11 is 0. The van der Waals surface area contributed by atoms with Crippen molar-refractivity contribution in [2.45, 2.75) is 30.7 Å². The molecule has 0 saturated carbocycles. The van der Waals surface area contributed by atoms with Gasteiger partial charge >= 0.3 is 6.03 Å². The molecule has 1 saturated heterocycles. The number of urea groups is 1. The molecule has 0 bridgehead atoms. The molecule has 2 aromatic carbocycles. The molecule has 0 aromatic heterocycles. The van der Waals surface area contributed by atoms with E-state index < -0.39 is 10.0 Å². The molecule has 0 unspecified atom stereocenters. The van der Waals surface area contributed by atoms with Crippen molar-refractivity contribution in [3.8, 4) is 5.75 Å². The van der Waals surface area contributed by atoms with Gasteiger partial charge in [0.25, 0.3) is 0 Å². The van der Waals surface area contributed by atoms with Crippen molar-refractivity contribution in [1.82, 2.24) is 14.9 Å². The third-order valence-electron chi connectivity index (χ3n) is 4.78.